The summed E-state index contributed by atoms with van der Waals surface area (Å²) < 4.78 is 5.16. The number of aliphatic hydroxyl groups is 1. The third-order valence-corrected chi connectivity index (χ3v) is 4.50. The molecule has 0 spiro atoms. The minimum absolute atomic E-state index is 0.108. The van der Waals surface area contributed by atoms with Crippen LogP contribution in [0.2, 0.25) is 5.22 Å². The number of rotatable bonds is 2. The van der Waals surface area contributed by atoms with E-state index in [1.165, 1.54) is 0 Å². The van der Waals surface area contributed by atoms with Gasteiger partial charge in [0.2, 0.25) is 0 Å². The van der Waals surface area contributed by atoms with Gasteiger partial charge in [0.1, 0.15) is 0 Å². The lowest BCUT2D eigenvalue weighted by atomic mass is 10.1. The highest BCUT2D eigenvalue weighted by molar-refractivity contribution is 6.29. The molecule has 0 aromatic carbocycles. The van der Waals surface area contributed by atoms with Crippen LogP contribution >= 0.6 is 11.6 Å². The number of amides is 1. The number of carbonyl (C=O) groups excluding carboxylic acids is 1. The van der Waals surface area contributed by atoms with Gasteiger partial charge in [0.25, 0.3) is 5.91 Å². The lowest BCUT2D eigenvalue weighted by molar-refractivity contribution is 0.0302. The first kappa shape index (κ1) is 13.9. The SMILES string of the molecule is O=C(c1ccc(Cl)o1)N1CCN([C@H]2CCC[C@H]2O)CC1. The van der Waals surface area contributed by atoms with E-state index >= 15 is 0 Å². The quantitative estimate of drug-likeness (QED) is 0.901. The maximum atomic E-state index is 12.2. The molecule has 2 heterocycles. The van der Waals surface area contributed by atoms with Crippen molar-refractivity contribution in [3.8, 4) is 0 Å². The van der Waals surface area contributed by atoms with Gasteiger partial charge in [-0.3, -0.25) is 9.69 Å². The van der Waals surface area contributed by atoms with Crippen LogP contribution < -0.4 is 0 Å². The molecule has 1 aliphatic heterocycles. The van der Waals surface area contributed by atoms with E-state index in [0.717, 1.165) is 32.4 Å². The van der Waals surface area contributed by atoms with Crippen molar-refractivity contribution in [2.45, 2.75) is 31.4 Å². The third kappa shape index (κ3) is 2.71. The second kappa shape index (κ2) is 5.76. The number of carbonyl (C=O) groups is 1. The molecule has 1 saturated carbocycles. The zero-order valence-electron chi connectivity index (χ0n) is 11.3. The summed E-state index contributed by atoms with van der Waals surface area (Å²) >= 11 is 5.70. The van der Waals surface area contributed by atoms with Crippen molar-refractivity contribution < 1.29 is 14.3 Å². The fourth-order valence-electron chi connectivity index (χ4n) is 3.19. The molecular formula is C14H19ClN2O3. The summed E-state index contributed by atoms with van der Waals surface area (Å²) in [6.07, 6.45) is 2.84. The Labute approximate surface area is 123 Å². The maximum Gasteiger partial charge on any atom is 0.289 e. The third-order valence-electron chi connectivity index (χ3n) is 4.30. The Kier molecular flexibility index (Phi) is 4.01. The van der Waals surface area contributed by atoms with Gasteiger partial charge in [-0.25, -0.2) is 0 Å². The standard InChI is InChI=1S/C14H19ClN2O3/c15-13-5-4-12(20-13)14(19)17-8-6-16(7-9-17)10-2-1-3-11(10)18/h4-5,10-11,18H,1-3,6-9H2/t10-,11+/m0/s1. The summed E-state index contributed by atoms with van der Waals surface area (Å²) in [6.45, 7) is 2.95. The van der Waals surface area contributed by atoms with Crippen molar-refractivity contribution in [3.63, 3.8) is 0 Å². The molecule has 1 aromatic heterocycles. The van der Waals surface area contributed by atoms with E-state index in [9.17, 15) is 9.90 Å². The second-order valence-corrected chi connectivity index (χ2v) is 5.87. The summed E-state index contributed by atoms with van der Waals surface area (Å²) in [5.74, 6) is 0.188. The van der Waals surface area contributed by atoms with Crippen molar-refractivity contribution in [1.29, 1.82) is 0 Å². The Morgan fingerprint density at radius 2 is 2.00 bits per heavy atom. The first-order chi connectivity index (χ1) is 9.65. The molecule has 2 aliphatic rings. The first-order valence-electron chi connectivity index (χ1n) is 7.12. The highest BCUT2D eigenvalue weighted by Gasteiger charge is 2.33. The normalized spacial score (nSPS) is 28.0. The van der Waals surface area contributed by atoms with Gasteiger partial charge in [0.15, 0.2) is 11.0 Å². The van der Waals surface area contributed by atoms with Crippen molar-refractivity contribution in [3.05, 3.63) is 23.1 Å². The predicted octanol–water partition coefficient (Wildman–Crippen LogP) is 1.60. The predicted molar refractivity (Wildman–Crippen MR) is 74.8 cm³/mol. The minimum Gasteiger partial charge on any atom is -0.440 e. The second-order valence-electron chi connectivity index (χ2n) is 5.50. The van der Waals surface area contributed by atoms with Crippen molar-refractivity contribution in [2.24, 2.45) is 0 Å². The zero-order chi connectivity index (χ0) is 14.1. The molecule has 2 atom stereocenters. The Morgan fingerprint density at radius 3 is 2.55 bits per heavy atom. The van der Waals surface area contributed by atoms with Gasteiger partial charge < -0.3 is 14.4 Å². The van der Waals surface area contributed by atoms with Crippen LogP contribution in [0.5, 0.6) is 0 Å². The Morgan fingerprint density at radius 1 is 1.25 bits per heavy atom. The minimum atomic E-state index is -0.207. The highest BCUT2D eigenvalue weighted by atomic mass is 35.5. The van der Waals surface area contributed by atoms with Gasteiger partial charge in [-0.2, -0.15) is 0 Å². The van der Waals surface area contributed by atoms with Crippen LogP contribution in [0.3, 0.4) is 0 Å². The van der Waals surface area contributed by atoms with Crippen LogP contribution in [0.1, 0.15) is 29.8 Å². The van der Waals surface area contributed by atoms with E-state index in [1.807, 2.05) is 0 Å². The Balaban J connectivity index is 1.57. The summed E-state index contributed by atoms with van der Waals surface area (Å²) in [7, 11) is 0. The lowest BCUT2D eigenvalue weighted by Crippen LogP contribution is -2.53. The monoisotopic (exact) mass is 298 g/mol. The highest BCUT2D eigenvalue weighted by Crippen LogP contribution is 2.25. The summed E-state index contributed by atoms with van der Waals surface area (Å²) in [5, 5.41) is 10.2. The number of furan rings is 1. The van der Waals surface area contributed by atoms with Gasteiger partial charge >= 0.3 is 0 Å². The first-order valence-corrected chi connectivity index (χ1v) is 7.49. The van der Waals surface area contributed by atoms with E-state index in [1.54, 1.807) is 17.0 Å². The Hall–Kier alpha value is -1.04. The molecule has 6 heteroatoms. The van der Waals surface area contributed by atoms with Gasteiger partial charge in [-0.05, 0) is 43.0 Å². The molecule has 5 nitrogen and oxygen atoms in total. The summed E-state index contributed by atoms with van der Waals surface area (Å²) in [5.41, 5.74) is 0. The van der Waals surface area contributed by atoms with Crippen LogP contribution in [-0.2, 0) is 0 Å². The molecule has 1 aliphatic carbocycles. The van der Waals surface area contributed by atoms with Crippen molar-refractivity contribution in [2.75, 3.05) is 26.2 Å². The summed E-state index contributed by atoms with van der Waals surface area (Å²) in [6, 6.07) is 3.46. The molecule has 1 saturated heterocycles. The molecule has 0 unspecified atom stereocenters. The van der Waals surface area contributed by atoms with Crippen LogP contribution in [0, 0.1) is 0 Å². The molecule has 0 radical (unpaired) electrons. The molecule has 20 heavy (non-hydrogen) atoms. The van der Waals surface area contributed by atoms with Crippen LogP contribution in [0.15, 0.2) is 16.5 Å². The molecule has 2 fully saturated rings. The number of halogens is 1. The summed E-state index contributed by atoms with van der Waals surface area (Å²) in [4.78, 5) is 16.3. The van der Waals surface area contributed by atoms with E-state index < -0.39 is 0 Å². The van der Waals surface area contributed by atoms with Gasteiger partial charge in [-0.1, -0.05) is 0 Å². The molecule has 1 aromatic rings. The molecular weight excluding hydrogens is 280 g/mol. The van der Waals surface area contributed by atoms with Crippen LogP contribution in [0.4, 0.5) is 0 Å². The molecule has 3 rings (SSSR count). The fourth-order valence-corrected chi connectivity index (χ4v) is 3.33. The number of piperazine rings is 1. The molecule has 0 bridgehead atoms. The van der Waals surface area contributed by atoms with E-state index in [-0.39, 0.29) is 23.3 Å². The van der Waals surface area contributed by atoms with Crippen LogP contribution in [0.25, 0.3) is 0 Å². The van der Waals surface area contributed by atoms with Gasteiger partial charge in [0.05, 0.1) is 6.10 Å². The van der Waals surface area contributed by atoms with E-state index in [0.29, 0.717) is 18.8 Å². The molecule has 110 valence electrons. The maximum absolute atomic E-state index is 12.2. The smallest absolute Gasteiger partial charge is 0.289 e. The lowest BCUT2D eigenvalue weighted by Gasteiger charge is -2.38. The topological polar surface area (TPSA) is 56.9 Å². The Bertz CT molecular complexity index is 483. The van der Waals surface area contributed by atoms with E-state index in [2.05, 4.69) is 4.90 Å². The zero-order valence-corrected chi connectivity index (χ0v) is 12.1. The number of hydrogen-bond acceptors (Lipinski definition) is 4. The molecule has 1 amide bonds. The fraction of sp³-hybridized carbons (Fsp3) is 0.643. The number of aliphatic hydroxyl groups excluding tert-OH is 1. The van der Waals surface area contributed by atoms with Crippen molar-refractivity contribution in [1.82, 2.24) is 9.80 Å². The average molecular weight is 299 g/mol. The van der Waals surface area contributed by atoms with Crippen LogP contribution in [-0.4, -0.2) is 59.1 Å². The number of hydrogen-bond donors (Lipinski definition) is 1. The van der Waals surface area contributed by atoms with Gasteiger partial charge in [0, 0.05) is 32.2 Å². The van der Waals surface area contributed by atoms with Crippen molar-refractivity contribution >= 4 is 17.5 Å². The largest absolute Gasteiger partial charge is 0.440 e. The van der Waals surface area contributed by atoms with Gasteiger partial charge in [-0.15, -0.1) is 0 Å². The molecule has 1 N–H and O–H groups in total. The average Bonchev–Trinajstić information content (AvgIpc) is 3.07. The van der Waals surface area contributed by atoms with E-state index in [4.69, 9.17) is 16.0 Å². The number of nitrogens with zero attached hydrogens (tertiary/aromatic N) is 2.